The molecule has 0 spiro atoms. The van der Waals surface area contributed by atoms with Crippen LogP contribution in [0.2, 0.25) is 0 Å². The Morgan fingerprint density at radius 3 is 2.96 bits per heavy atom. The molecule has 1 aromatic carbocycles. The number of aromatic nitrogens is 2. The van der Waals surface area contributed by atoms with Gasteiger partial charge in [-0.1, -0.05) is 30.3 Å². The van der Waals surface area contributed by atoms with Gasteiger partial charge in [-0.15, -0.1) is 11.3 Å². The Balaban J connectivity index is 1.57. The van der Waals surface area contributed by atoms with Crippen LogP contribution < -0.4 is 15.8 Å². The van der Waals surface area contributed by atoms with Crippen molar-refractivity contribution in [2.45, 2.75) is 19.4 Å². The van der Waals surface area contributed by atoms with E-state index < -0.39 is 0 Å². The fourth-order valence-corrected chi connectivity index (χ4v) is 5.02. The number of hydrogen-bond donors (Lipinski definition) is 2. The molecule has 25 heavy (non-hydrogen) atoms. The van der Waals surface area contributed by atoms with Crippen LogP contribution in [0.5, 0.6) is 0 Å². The number of piperidine rings is 1. The van der Waals surface area contributed by atoms with Crippen LogP contribution >= 0.6 is 11.3 Å². The fraction of sp³-hybridized carbons (Fsp3) is 0.368. The number of hydrazine groups is 1. The smallest absolute Gasteiger partial charge is 0.141 e. The highest BCUT2D eigenvalue weighted by Gasteiger charge is 2.34. The van der Waals surface area contributed by atoms with E-state index in [4.69, 9.17) is 9.97 Å². The monoisotopic (exact) mass is 351 g/mol. The van der Waals surface area contributed by atoms with Gasteiger partial charge >= 0.3 is 0 Å². The van der Waals surface area contributed by atoms with Crippen molar-refractivity contribution in [1.82, 2.24) is 20.8 Å². The maximum atomic E-state index is 4.83. The van der Waals surface area contributed by atoms with Gasteiger partial charge in [0.05, 0.1) is 5.39 Å². The zero-order valence-corrected chi connectivity index (χ0v) is 15.0. The van der Waals surface area contributed by atoms with E-state index in [0.29, 0.717) is 12.0 Å². The van der Waals surface area contributed by atoms with Gasteiger partial charge in [0.1, 0.15) is 16.5 Å². The number of thiophene rings is 1. The Morgan fingerprint density at radius 1 is 1.20 bits per heavy atom. The van der Waals surface area contributed by atoms with Crippen molar-refractivity contribution in [3.63, 3.8) is 0 Å². The summed E-state index contributed by atoms with van der Waals surface area (Å²) in [6.45, 7) is 5.12. The van der Waals surface area contributed by atoms with Crippen LogP contribution in [-0.4, -0.2) is 35.6 Å². The molecule has 128 valence electrons. The highest BCUT2D eigenvalue weighted by Crippen LogP contribution is 2.37. The van der Waals surface area contributed by atoms with Crippen molar-refractivity contribution < 1.29 is 0 Å². The molecule has 0 radical (unpaired) electrons. The Morgan fingerprint density at radius 2 is 2.08 bits per heavy atom. The minimum absolute atomic E-state index is 0.594. The molecule has 4 heterocycles. The summed E-state index contributed by atoms with van der Waals surface area (Å²) in [6.07, 6.45) is 1.15. The van der Waals surface area contributed by atoms with Gasteiger partial charge in [0.2, 0.25) is 0 Å². The molecule has 2 fully saturated rings. The number of rotatable bonds is 2. The first kappa shape index (κ1) is 15.3. The van der Waals surface area contributed by atoms with Crippen LogP contribution in [0.1, 0.15) is 12.2 Å². The number of nitrogens with zero attached hydrogens (tertiary/aromatic N) is 3. The topological polar surface area (TPSA) is 53.1 Å². The maximum absolute atomic E-state index is 4.83. The lowest BCUT2D eigenvalue weighted by molar-refractivity contribution is 0.383. The number of nitrogens with one attached hydrogen (secondary N) is 2. The molecule has 2 aliphatic heterocycles. The van der Waals surface area contributed by atoms with Gasteiger partial charge < -0.3 is 4.90 Å². The predicted octanol–water partition coefficient (Wildman–Crippen LogP) is 2.97. The molecule has 2 aliphatic rings. The molecule has 3 aromatic rings. The summed E-state index contributed by atoms with van der Waals surface area (Å²) in [5.41, 5.74) is 7.95. The van der Waals surface area contributed by atoms with Crippen molar-refractivity contribution in [1.29, 1.82) is 0 Å². The van der Waals surface area contributed by atoms with Crippen molar-refractivity contribution in [2.75, 3.05) is 24.5 Å². The number of anilines is 1. The minimum Gasteiger partial charge on any atom is -0.356 e. The van der Waals surface area contributed by atoms with Crippen LogP contribution in [0.4, 0.5) is 5.82 Å². The lowest BCUT2D eigenvalue weighted by Crippen LogP contribution is -2.45. The van der Waals surface area contributed by atoms with Gasteiger partial charge in [-0.25, -0.2) is 9.97 Å². The average molecular weight is 351 g/mol. The van der Waals surface area contributed by atoms with Crippen LogP contribution in [0.25, 0.3) is 20.7 Å². The van der Waals surface area contributed by atoms with Crippen molar-refractivity contribution in [2.24, 2.45) is 5.92 Å². The van der Waals surface area contributed by atoms with Gasteiger partial charge in [-0.3, -0.25) is 10.9 Å². The van der Waals surface area contributed by atoms with E-state index in [2.05, 4.69) is 52.1 Å². The predicted molar refractivity (Wildman–Crippen MR) is 103 cm³/mol. The summed E-state index contributed by atoms with van der Waals surface area (Å²) in [5.74, 6) is 2.60. The molecule has 0 amide bonds. The molecule has 2 atom stereocenters. The molecule has 5 nitrogen and oxygen atoms in total. The van der Waals surface area contributed by atoms with Crippen LogP contribution in [0.3, 0.4) is 0 Å². The standard InChI is InChI=1S/C19H21N5S/c1-12-21-18(24-8-7-16-14(11-24)10-20-23-16)15-9-17(25-19(15)22-12)13-5-3-2-4-6-13/h2-6,9,14,16,20,23H,7-8,10-11H2,1H3. The first-order valence-electron chi connectivity index (χ1n) is 8.85. The number of aryl methyl sites for hydroxylation is 1. The SMILES string of the molecule is Cc1nc(N2CCC3NNCC3C2)c2cc(-c3ccccc3)sc2n1. The normalized spacial score (nSPS) is 23.2. The fourth-order valence-electron chi connectivity index (χ4n) is 3.94. The van der Waals surface area contributed by atoms with E-state index >= 15 is 0 Å². The van der Waals surface area contributed by atoms with Crippen molar-refractivity contribution >= 4 is 27.4 Å². The van der Waals surface area contributed by atoms with E-state index in [1.165, 1.54) is 15.8 Å². The molecule has 6 heteroatoms. The Bertz CT molecular complexity index is 907. The molecule has 0 aliphatic carbocycles. The Hall–Kier alpha value is -2.02. The molecule has 0 saturated carbocycles. The van der Waals surface area contributed by atoms with Gasteiger partial charge in [-0.05, 0) is 25.0 Å². The van der Waals surface area contributed by atoms with Gasteiger partial charge in [0.25, 0.3) is 0 Å². The second kappa shape index (κ2) is 6.05. The third kappa shape index (κ3) is 2.70. The molecule has 2 N–H and O–H groups in total. The Labute approximate surface area is 151 Å². The largest absolute Gasteiger partial charge is 0.356 e. The number of benzene rings is 1. The van der Waals surface area contributed by atoms with Crippen molar-refractivity contribution in [3.8, 4) is 10.4 Å². The zero-order valence-electron chi connectivity index (χ0n) is 14.2. The minimum atomic E-state index is 0.594. The number of fused-ring (bicyclic) bond motifs is 2. The third-order valence-electron chi connectivity index (χ3n) is 5.23. The van der Waals surface area contributed by atoms with E-state index in [1.54, 1.807) is 11.3 Å². The lowest BCUT2D eigenvalue weighted by Gasteiger charge is -2.35. The summed E-state index contributed by atoms with van der Waals surface area (Å²) in [4.78, 5) is 14.3. The van der Waals surface area contributed by atoms with E-state index in [1.807, 2.05) is 6.92 Å². The summed E-state index contributed by atoms with van der Waals surface area (Å²) in [7, 11) is 0. The highest BCUT2D eigenvalue weighted by molar-refractivity contribution is 7.21. The third-order valence-corrected chi connectivity index (χ3v) is 6.31. The lowest BCUT2D eigenvalue weighted by atomic mass is 9.94. The summed E-state index contributed by atoms with van der Waals surface area (Å²) >= 11 is 1.76. The first-order valence-corrected chi connectivity index (χ1v) is 9.66. The van der Waals surface area contributed by atoms with E-state index in [-0.39, 0.29) is 0 Å². The van der Waals surface area contributed by atoms with E-state index in [0.717, 1.165) is 42.5 Å². The summed E-state index contributed by atoms with van der Waals surface area (Å²) in [6, 6.07) is 13.4. The second-order valence-electron chi connectivity index (χ2n) is 6.92. The summed E-state index contributed by atoms with van der Waals surface area (Å²) in [5, 5.41) is 1.19. The van der Waals surface area contributed by atoms with Gasteiger partial charge in [-0.2, -0.15) is 0 Å². The van der Waals surface area contributed by atoms with Gasteiger partial charge in [0.15, 0.2) is 0 Å². The summed E-state index contributed by atoms with van der Waals surface area (Å²) < 4.78 is 0. The average Bonchev–Trinajstić information content (AvgIpc) is 3.27. The van der Waals surface area contributed by atoms with E-state index in [9.17, 15) is 0 Å². The molecule has 0 bridgehead atoms. The highest BCUT2D eigenvalue weighted by atomic mass is 32.1. The van der Waals surface area contributed by atoms with Gasteiger partial charge in [0, 0.05) is 36.5 Å². The molecule has 5 rings (SSSR count). The van der Waals surface area contributed by atoms with Crippen LogP contribution in [0, 0.1) is 12.8 Å². The van der Waals surface area contributed by atoms with Crippen LogP contribution in [0.15, 0.2) is 36.4 Å². The first-order chi connectivity index (χ1) is 12.3. The molecule has 2 unspecified atom stereocenters. The maximum Gasteiger partial charge on any atom is 0.141 e. The molecular formula is C19H21N5S. The molecule has 2 saturated heterocycles. The van der Waals surface area contributed by atoms with Crippen molar-refractivity contribution in [3.05, 3.63) is 42.2 Å². The van der Waals surface area contributed by atoms with Crippen LogP contribution in [-0.2, 0) is 0 Å². The Kier molecular flexibility index (Phi) is 3.69. The zero-order chi connectivity index (χ0) is 16.8. The number of hydrogen-bond acceptors (Lipinski definition) is 6. The molecular weight excluding hydrogens is 330 g/mol. The second-order valence-corrected chi connectivity index (χ2v) is 7.95. The molecule has 2 aromatic heterocycles. The quantitative estimate of drug-likeness (QED) is 0.743.